The van der Waals surface area contributed by atoms with E-state index >= 15 is 0 Å². The van der Waals surface area contributed by atoms with Crippen LogP contribution < -0.4 is 20.3 Å². The largest absolute Gasteiger partial charge is 0.493 e. The number of aliphatic imine (C=N–C) groups is 1. The molecular weight excluding hydrogens is 352 g/mol. The second-order valence-corrected chi connectivity index (χ2v) is 7.53. The zero-order chi connectivity index (χ0) is 18.1. The minimum absolute atomic E-state index is 0.179. The summed E-state index contributed by atoms with van der Waals surface area (Å²) in [6.07, 6.45) is 4.88. The summed E-state index contributed by atoms with van der Waals surface area (Å²) in [5.41, 5.74) is 0.415. The summed E-state index contributed by atoms with van der Waals surface area (Å²) in [7, 11) is 3.11. The molecule has 0 amide bonds. The minimum Gasteiger partial charge on any atom is -0.493 e. The number of fused-ring (bicyclic) bond motifs is 2. The molecule has 2 N–H and O–H groups in total. The van der Waals surface area contributed by atoms with Gasteiger partial charge < -0.3 is 19.8 Å². The first-order valence-electron chi connectivity index (χ1n) is 8.80. The van der Waals surface area contributed by atoms with E-state index in [2.05, 4.69) is 15.3 Å². The van der Waals surface area contributed by atoms with Gasteiger partial charge in [0.05, 0.1) is 43.0 Å². The molecule has 8 heteroatoms. The fourth-order valence-electron chi connectivity index (χ4n) is 3.58. The van der Waals surface area contributed by atoms with Gasteiger partial charge in [-0.1, -0.05) is 24.6 Å². The quantitative estimate of drug-likeness (QED) is 0.855. The molecule has 0 saturated heterocycles. The van der Waals surface area contributed by atoms with Crippen LogP contribution in [-0.2, 0) is 5.75 Å². The van der Waals surface area contributed by atoms with Crippen molar-refractivity contribution in [2.24, 2.45) is 4.99 Å². The number of ether oxygens (including phenoxy) is 2. The van der Waals surface area contributed by atoms with E-state index in [1.165, 1.54) is 19.3 Å². The van der Waals surface area contributed by atoms with Gasteiger partial charge in [-0.3, -0.25) is 9.79 Å². The highest BCUT2D eigenvalue weighted by atomic mass is 32.2. The van der Waals surface area contributed by atoms with Crippen molar-refractivity contribution in [1.29, 1.82) is 0 Å². The first kappa shape index (κ1) is 17.2. The van der Waals surface area contributed by atoms with Crippen molar-refractivity contribution in [3.05, 3.63) is 28.3 Å². The predicted molar refractivity (Wildman–Crippen MR) is 103 cm³/mol. The Labute approximate surface area is 155 Å². The number of hydrogen-bond donors (Lipinski definition) is 2. The van der Waals surface area contributed by atoms with Crippen molar-refractivity contribution in [2.45, 2.75) is 43.5 Å². The molecule has 1 fully saturated rings. The Hall–Kier alpha value is -2.22. The van der Waals surface area contributed by atoms with E-state index in [4.69, 9.17) is 14.5 Å². The van der Waals surface area contributed by atoms with Crippen molar-refractivity contribution in [3.63, 3.8) is 0 Å². The third-order valence-electron chi connectivity index (χ3n) is 4.93. The first-order valence-corrected chi connectivity index (χ1v) is 9.78. The van der Waals surface area contributed by atoms with Crippen LogP contribution in [0.25, 0.3) is 10.9 Å². The summed E-state index contributed by atoms with van der Waals surface area (Å²) in [5, 5.41) is 4.95. The van der Waals surface area contributed by atoms with Crippen molar-refractivity contribution in [1.82, 2.24) is 15.3 Å². The number of nitrogens with zero attached hydrogens (tertiary/aromatic N) is 2. The number of aromatic nitrogens is 2. The Morgan fingerprint density at radius 1 is 1.19 bits per heavy atom. The molecule has 2 atom stereocenters. The fraction of sp³-hybridized carbons (Fsp3) is 0.500. The molecule has 2 aliphatic rings. The van der Waals surface area contributed by atoms with E-state index in [1.54, 1.807) is 38.1 Å². The molecule has 2 aromatic rings. The minimum atomic E-state index is -0.179. The van der Waals surface area contributed by atoms with Gasteiger partial charge in [0.25, 0.3) is 5.56 Å². The Morgan fingerprint density at radius 3 is 2.73 bits per heavy atom. The van der Waals surface area contributed by atoms with Crippen molar-refractivity contribution in [2.75, 3.05) is 14.2 Å². The van der Waals surface area contributed by atoms with Crippen LogP contribution in [0, 0.1) is 0 Å². The number of benzene rings is 1. The lowest BCUT2D eigenvalue weighted by molar-refractivity contribution is 0.355. The second kappa shape index (κ2) is 7.19. The average Bonchev–Trinajstić information content (AvgIpc) is 3.08. The van der Waals surface area contributed by atoms with Gasteiger partial charge in [0.2, 0.25) is 0 Å². The van der Waals surface area contributed by atoms with Crippen molar-refractivity contribution in [3.8, 4) is 11.5 Å². The third kappa shape index (κ3) is 3.25. The smallest absolute Gasteiger partial charge is 0.258 e. The van der Waals surface area contributed by atoms with Gasteiger partial charge in [-0.15, -0.1) is 0 Å². The average molecular weight is 374 g/mol. The van der Waals surface area contributed by atoms with Crippen LogP contribution in [0.3, 0.4) is 0 Å². The zero-order valence-electron chi connectivity index (χ0n) is 14.9. The highest BCUT2D eigenvalue weighted by Crippen LogP contribution is 2.30. The Morgan fingerprint density at radius 2 is 1.96 bits per heavy atom. The molecule has 4 rings (SSSR count). The summed E-state index contributed by atoms with van der Waals surface area (Å²) < 4.78 is 10.6. The Balaban J connectivity index is 1.54. The van der Waals surface area contributed by atoms with Crippen molar-refractivity contribution < 1.29 is 9.47 Å². The number of nitrogens with one attached hydrogen (secondary N) is 2. The van der Waals surface area contributed by atoms with Gasteiger partial charge in [-0.2, -0.15) is 0 Å². The normalized spacial score (nSPS) is 21.8. The number of aromatic amines is 1. The summed E-state index contributed by atoms with van der Waals surface area (Å²) in [5.74, 6) is 2.26. The van der Waals surface area contributed by atoms with Gasteiger partial charge in [0.15, 0.2) is 16.7 Å². The van der Waals surface area contributed by atoms with E-state index in [1.807, 2.05) is 0 Å². The fourth-order valence-corrected chi connectivity index (χ4v) is 4.43. The van der Waals surface area contributed by atoms with Crippen LogP contribution in [-0.4, -0.2) is 41.4 Å². The summed E-state index contributed by atoms with van der Waals surface area (Å²) in [6.45, 7) is 0. The van der Waals surface area contributed by atoms with E-state index in [9.17, 15) is 4.79 Å². The maximum Gasteiger partial charge on any atom is 0.258 e. The molecule has 2 heterocycles. The maximum absolute atomic E-state index is 12.4. The summed E-state index contributed by atoms with van der Waals surface area (Å²) in [6, 6.07) is 4.28. The van der Waals surface area contributed by atoms with Gasteiger partial charge in [-0.05, 0) is 18.9 Å². The highest BCUT2D eigenvalue weighted by molar-refractivity contribution is 8.13. The zero-order valence-corrected chi connectivity index (χ0v) is 15.7. The lowest BCUT2D eigenvalue weighted by Gasteiger charge is -2.23. The van der Waals surface area contributed by atoms with Crippen LogP contribution in [0.5, 0.6) is 11.5 Å². The van der Waals surface area contributed by atoms with Crippen molar-refractivity contribution >= 4 is 27.8 Å². The molecule has 0 unspecified atom stereocenters. The molecule has 1 aliphatic heterocycles. The molecule has 1 aromatic heterocycles. The molecule has 0 bridgehead atoms. The molecule has 0 spiro atoms. The van der Waals surface area contributed by atoms with Gasteiger partial charge in [-0.25, -0.2) is 4.98 Å². The molecule has 7 nitrogen and oxygen atoms in total. The van der Waals surface area contributed by atoms with E-state index in [-0.39, 0.29) is 5.56 Å². The standard InChI is InChI=1S/C18H22N4O3S/c1-24-14-7-10-13(8-15(14)25-2)19-16(22-17(10)23)9-26-18-20-11-5-3-4-6-12(11)21-18/h7-8,11-12H,3-6,9H2,1-2H3,(H,20,21)(H,19,22,23)/t11-,12-/m0/s1. The number of thioether (sulfide) groups is 1. The lowest BCUT2D eigenvalue weighted by atomic mass is 9.92. The van der Waals surface area contributed by atoms with E-state index in [0.717, 1.165) is 11.6 Å². The molecule has 0 radical (unpaired) electrons. The van der Waals surface area contributed by atoms with Crippen LogP contribution in [0.15, 0.2) is 21.9 Å². The number of amidine groups is 1. The number of rotatable bonds is 4. The molecule has 26 heavy (non-hydrogen) atoms. The van der Waals surface area contributed by atoms with Gasteiger partial charge in [0, 0.05) is 6.07 Å². The molecule has 1 aromatic carbocycles. The predicted octanol–water partition coefficient (Wildman–Crippen LogP) is 2.44. The molecular formula is C18H22N4O3S. The maximum atomic E-state index is 12.4. The van der Waals surface area contributed by atoms with Gasteiger partial charge in [0.1, 0.15) is 5.82 Å². The van der Waals surface area contributed by atoms with E-state index < -0.39 is 0 Å². The highest BCUT2D eigenvalue weighted by Gasteiger charge is 2.30. The Bertz CT molecular complexity index is 911. The first-order chi connectivity index (χ1) is 12.7. The SMILES string of the molecule is COc1cc2nc(CSC3=N[C@H]4CCCC[C@@H]4N3)[nH]c(=O)c2cc1OC. The topological polar surface area (TPSA) is 88.6 Å². The molecule has 1 saturated carbocycles. The molecule has 1 aliphatic carbocycles. The lowest BCUT2D eigenvalue weighted by Crippen LogP contribution is -2.36. The second-order valence-electron chi connectivity index (χ2n) is 6.56. The number of hydrogen-bond acceptors (Lipinski definition) is 7. The van der Waals surface area contributed by atoms with Crippen LogP contribution in [0.4, 0.5) is 0 Å². The number of H-pyrrole nitrogens is 1. The number of methoxy groups -OCH3 is 2. The summed E-state index contributed by atoms with van der Waals surface area (Å²) >= 11 is 1.59. The van der Waals surface area contributed by atoms with E-state index in [0.29, 0.717) is 46.1 Å². The summed E-state index contributed by atoms with van der Waals surface area (Å²) in [4.78, 5) is 24.6. The third-order valence-corrected chi connectivity index (χ3v) is 5.84. The van der Waals surface area contributed by atoms with Crippen LogP contribution >= 0.6 is 11.8 Å². The van der Waals surface area contributed by atoms with Gasteiger partial charge >= 0.3 is 0 Å². The monoisotopic (exact) mass is 374 g/mol. The Kier molecular flexibility index (Phi) is 4.76. The van der Waals surface area contributed by atoms with Crippen LogP contribution in [0.2, 0.25) is 0 Å². The van der Waals surface area contributed by atoms with Crippen LogP contribution in [0.1, 0.15) is 31.5 Å². The molecule has 138 valence electrons.